The average Bonchev–Trinajstić information content (AvgIpc) is 3.80. The largest absolute Gasteiger partial charge is 0.307 e. The van der Waals surface area contributed by atoms with Gasteiger partial charge in [-0.25, -0.2) is 4.98 Å². The van der Waals surface area contributed by atoms with Gasteiger partial charge in [-0.2, -0.15) is 0 Å². The molecular weight excluding hydrogens is 576 g/mol. The summed E-state index contributed by atoms with van der Waals surface area (Å²) in [4.78, 5) is 14.6. The lowest BCUT2D eigenvalue weighted by Gasteiger charge is -2.12. The molecular formula is C41H24N6. The van der Waals surface area contributed by atoms with Crippen LogP contribution in [0.2, 0.25) is 0 Å². The topological polar surface area (TPSA) is 52.9 Å². The molecule has 0 radical (unpaired) electrons. The minimum Gasteiger partial charge on any atom is -0.307 e. The highest BCUT2D eigenvalue weighted by Crippen LogP contribution is 2.45. The molecule has 0 saturated carbocycles. The van der Waals surface area contributed by atoms with Crippen molar-refractivity contribution >= 4 is 82.1 Å². The molecule has 0 aliphatic rings. The van der Waals surface area contributed by atoms with Crippen LogP contribution in [0.25, 0.3) is 93.5 Å². The third-order valence-corrected chi connectivity index (χ3v) is 9.72. The first kappa shape index (κ1) is 24.8. The second-order valence-corrected chi connectivity index (χ2v) is 12.1. The lowest BCUT2D eigenvalue weighted by Crippen LogP contribution is -1.98. The molecule has 47 heavy (non-hydrogen) atoms. The molecule has 0 atom stereocenters. The monoisotopic (exact) mass is 600 g/mol. The van der Waals surface area contributed by atoms with Crippen molar-refractivity contribution < 1.29 is 0 Å². The van der Waals surface area contributed by atoms with Gasteiger partial charge in [-0.1, -0.05) is 66.7 Å². The summed E-state index contributed by atoms with van der Waals surface area (Å²) in [6.07, 6.45) is 5.57. The van der Waals surface area contributed by atoms with Crippen LogP contribution in [0.3, 0.4) is 0 Å². The van der Waals surface area contributed by atoms with E-state index < -0.39 is 0 Å². The molecule has 0 bridgehead atoms. The first-order valence-electron chi connectivity index (χ1n) is 15.8. The zero-order chi connectivity index (χ0) is 30.6. The molecule has 0 saturated heterocycles. The van der Waals surface area contributed by atoms with E-state index in [1.807, 2.05) is 30.7 Å². The van der Waals surface area contributed by atoms with E-state index in [1.54, 1.807) is 0 Å². The summed E-state index contributed by atoms with van der Waals surface area (Å²) in [6, 6.07) is 45.4. The fourth-order valence-electron chi connectivity index (χ4n) is 7.89. The van der Waals surface area contributed by atoms with Crippen molar-refractivity contribution in [1.29, 1.82) is 0 Å². The van der Waals surface area contributed by atoms with E-state index in [0.29, 0.717) is 0 Å². The van der Waals surface area contributed by atoms with Gasteiger partial charge in [-0.3, -0.25) is 14.4 Å². The number of nitrogens with zero attached hydrogens (tertiary/aromatic N) is 6. The van der Waals surface area contributed by atoms with E-state index in [1.165, 1.54) is 27.2 Å². The van der Waals surface area contributed by atoms with Crippen LogP contribution in [0.5, 0.6) is 0 Å². The molecule has 0 aliphatic heterocycles. The van der Waals surface area contributed by atoms with E-state index in [-0.39, 0.29) is 0 Å². The van der Waals surface area contributed by atoms with E-state index in [0.717, 1.165) is 66.3 Å². The van der Waals surface area contributed by atoms with Gasteiger partial charge in [-0.05, 0) is 60.7 Å². The smallest absolute Gasteiger partial charge is 0.147 e. The Labute approximate surface area is 267 Å². The maximum Gasteiger partial charge on any atom is 0.147 e. The Morgan fingerprint density at radius 2 is 1.13 bits per heavy atom. The van der Waals surface area contributed by atoms with Crippen LogP contribution in [-0.4, -0.2) is 28.5 Å². The molecule has 0 unspecified atom stereocenters. The number of pyridine rings is 3. The molecule has 6 heterocycles. The molecule has 218 valence electrons. The molecule has 0 N–H and O–H groups in total. The van der Waals surface area contributed by atoms with Crippen LogP contribution in [0.15, 0.2) is 146 Å². The molecule has 0 fully saturated rings. The number of imidazole rings is 1. The lowest BCUT2D eigenvalue weighted by atomic mass is 10.0. The van der Waals surface area contributed by atoms with Crippen molar-refractivity contribution in [2.24, 2.45) is 0 Å². The minimum atomic E-state index is 0.862. The second kappa shape index (κ2) is 9.02. The molecule has 11 aromatic rings. The first-order chi connectivity index (χ1) is 23.4. The van der Waals surface area contributed by atoms with Crippen molar-refractivity contribution in [2.45, 2.75) is 0 Å². The number of hydrogen-bond acceptors (Lipinski definition) is 3. The van der Waals surface area contributed by atoms with Crippen molar-refractivity contribution in [3.05, 3.63) is 146 Å². The van der Waals surface area contributed by atoms with E-state index in [9.17, 15) is 0 Å². The van der Waals surface area contributed by atoms with Crippen molar-refractivity contribution in [1.82, 2.24) is 28.5 Å². The molecule has 11 rings (SSSR count). The summed E-state index contributed by atoms with van der Waals surface area (Å²) in [5.74, 6) is 0. The highest BCUT2D eigenvalue weighted by molar-refractivity contribution is 6.32. The lowest BCUT2D eigenvalue weighted by molar-refractivity contribution is 1.15. The van der Waals surface area contributed by atoms with Gasteiger partial charge in [0, 0.05) is 56.1 Å². The number of rotatable bonds is 2. The molecule has 6 nitrogen and oxygen atoms in total. The van der Waals surface area contributed by atoms with Gasteiger partial charge in [0.1, 0.15) is 11.2 Å². The number of para-hydroxylation sites is 3. The Morgan fingerprint density at radius 1 is 0.447 bits per heavy atom. The van der Waals surface area contributed by atoms with Crippen LogP contribution in [-0.2, 0) is 0 Å². The van der Waals surface area contributed by atoms with Gasteiger partial charge in [0.15, 0.2) is 0 Å². The SMILES string of the molecule is c1ccc(-n2c3ccccc3c3ccc4c5c6c(ccc5n(-c5ccccc5)c4c32)c2ncccc2n2c3ccncc3nc62)cc1. The van der Waals surface area contributed by atoms with Gasteiger partial charge in [0.05, 0.1) is 44.8 Å². The van der Waals surface area contributed by atoms with Gasteiger partial charge < -0.3 is 9.13 Å². The van der Waals surface area contributed by atoms with E-state index in [4.69, 9.17) is 9.97 Å². The summed E-state index contributed by atoms with van der Waals surface area (Å²) in [5.41, 5.74) is 11.6. The number of hydrogen-bond donors (Lipinski definition) is 0. The zero-order valence-corrected chi connectivity index (χ0v) is 25.0. The van der Waals surface area contributed by atoms with Gasteiger partial charge in [0.25, 0.3) is 0 Å². The molecule has 0 spiro atoms. The Morgan fingerprint density at radius 3 is 1.96 bits per heavy atom. The molecule has 5 aromatic carbocycles. The van der Waals surface area contributed by atoms with Crippen LogP contribution in [0, 0.1) is 0 Å². The summed E-state index contributed by atoms with van der Waals surface area (Å²) in [6.45, 7) is 0. The summed E-state index contributed by atoms with van der Waals surface area (Å²) >= 11 is 0. The highest BCUT2D eigenvalue weighted by atomic mass is 15.1. The number of fused-ring (bicyclic) bond motifs is 16. The maximum atomic E-state index is 5.25. The third-order valence-electron chi connectivity index (χ3n) is 9.72. The van der Waals surface area contributed by atoms with Crippen LogP contribution in [0.1, 0.15) is 0 Å². The zero-order valence-electron chi connectivity index (χ0n) is 25.0. The van der Waals surface area contributed by atoms with Crippen molar-refractivity contribution in [2.75, 3.05) is 0 Å². The van der Waals surface area contributed by atoms with Gasteiger partial charge in [-0.15, -0.1) is 0 Å². The number of benzene rings is 5. The molecule has 6 heteroatoms. The molecule has 0 amide bonds. The third kappa shape index (κ3) is 3.16. The Bertz CT molecular complexity index is 3060. The van der Waals surface area contributed by atoms with Gasteiger partial charge in [0.2, 0.25) is 0 Å². The molecule has 0 aliphatic carbocycles. The quantitative estimate of drug-likeness (QED) is 0.186. The van der Waals surface area contributed by atoms with Crippen LogP contribution < -0.4 is 0 Å². The minimum absolute atomic E-state index is 0.862. The van der Waals surface area contributed by atoms with E-state index in [2.05, 4.69) is 134 Å². The van der Waals surface area contributed by atoms with Crippen LogP contribution in [0.4, 0.5) is 0 Å². The Kier molecular flexibility index (Phi) is 4.75. The molecule has 6 aromatic heterocycles. The van der Waals surface area contributed by atoms with Gasteiger partial charge >= 0.3 is 0 Å². The second-order valence-electron chi connectivity index (χ2n) is 12.1. The summed E-state index contributed by atoms with van der Waals surface area (Å²) in [7, 11) is 0. The highest BCUT2D eigenvalue weighted by Gasteiger charge is 2.24. The standard InChI is InChI=1S/C41H24N6/c1-3-10-25(11-4-1)45-32-15-8-7-14-27(32)28-17-18-30-36-34(46(40(30)39(28)45)26-12-5-2-6-13-26)20-19-29-37(36)41-44-31-24-42-23-21-33(31)47(41)35-16-9-22-43-38(29)35/h1-24H. The van der Waals surface area contributed by atoms with Crippen molar-refractivity contribution in [3.8, 4) is 11.4 Å². The Hall–Kier alpha value is -6.53. The first-order valence-corrected chi connectivity index (χ1v) is 15.8. The fourth-order valence-corrected chi connectivity index (χ4v) is 7.89. The fraction of sp³-hybridized carbons (Fsp3) is 0. The summed E-state index contributed by atoms with van der Waals surface area (Å²) < 4.78 is 7.12. The predicted octanol–water partition coefficient (Wildman–Crippen LogP) is 9.78. The maximum absolute atomic E-state index is 5.25. The van der Waals surface area contributed by atoms with E-state index >= 15 is 0 Å². The normalized spacial score (nSPS) is 12.3. The summed E-state index contributed by atoms with van der Waals surface area (Å²) in [5, 5.41) is 6.95. The Balaban J connectivity index is 1.47. The number of aromatic nitrogens is 6. The van der Waals surface area contributed by atoms with Crippen molar-refractivity contribution in [3.63, 3.8) is 0 Å². The average molecular weight is 601 g/mol. The van der Waals surface area contributed by atoms with Crippen LogP contribution >= 0.6 is 0 Å². The predicted molar refractivity (Wildman–Crippen MR) is 192 cm³/mol.